The third-order valence-electron chi connectivity index (χ3n) is 3.46. The van der Waals surface area contributed by atoms with Crippen LogP contribution in [0.3, 0.4) is 0 Å². The Morgan fingerprint density at radius 1 is 1.19 bits per heavy atom. The summed E-state index contributed by atoms with van der Waals surface area (Å²) in [6.45, 7) is 4.22. The molecule has 26 heavy (non-hydrogen) atoms. The summed E-state index contributed by atoms with van der Waals surface area (Å²) in [5.74, 6) is 0.0701. The van der Waals surface area contributed by atoms with E-state index >= 15 is 0 Å². The maximum absolute atomic E-state index is 13.0. The summed E-state index contributed by atoms with van der Waals surface area (Å²) in [5, 5.41) is 3.16. The maximum Gasteiger partial charge on any atom is 0.416 e. The molecule has 2 rings (SSSR count). The zero-order valence-corrected chi connectivity index (χ0v) is 16.1. The van der Waals surface area contributed by atoms with Gasteiger partial charge in [0.25, 0.3) is 0 Å². The number of hydrogen-bond acceptors (Lipinski definition) is 3. The smallest absolute Gasteiger partial charge is 0.416 e. The first-order chi connectivity index (χ1) is 11.2. The van der Waals surface area contributed by atoms with Gasteiger partial charge in [-0.2, -0.15) is 13.2 Å². The van der Waals surface area contributed by atoms with Crippen LogP contribution in [0.1, 0.15) is 25.1 Å². The standard InChI is InChI=1S/C17H19F3N2O2.2ClH/c1-11(2)21-9-14-8-15(23)16(24-3)10-22(14)13-6-4-5-12(7-13)17(18,19)20;;/h4-8,10-11,21H,9H2,1-3H3;2*1H. The molecule has 0 aliphatic rings. The van der Waals surface area contributed by atoms with Crippen LogP contribution in [0.25, 0.3) is 5.69 Å². The number of methoxy groups -OCH3 is 1. The monoisotopic (exact) mass is 412 g/mol. The molecule has 0 saturated carbocycles. The van der Waals surface area contributed by atoms with Gasteiger partial charge in [-0.25, -0.2) is 0 Å². The van der Waals surface area contributed by atoms with E-state index in [-0.39, 0.29) is 42.0 Å². The Balaban J connectivity index is 0.00000312. The summed E-state index contributed by atoms with van der Waals surface area (Å²) < 4.78 is 45.4. The van der Waals surface area contributed by atoms with E-state index in [1.807, 2.05) is 13.8 Å². The number of ether oxygens (including phenoxy) is 1. The van der Waals surface area contributed by atoms with Crippen molar-refractivity contribution in [1.82, 2.24) is 9.88 Å². The lowest BCUT2D eigenvalue weighted by molar-refractivity contribution is -0.137. The Bertz CT molecular complexity index is 777. The largest absolute Gasteiger partial charge is 0.491 e. The van der Waals surface area contributed by atoms with Crippen molar-refractivity contribution < 1.29 is 17.9 Å². The summed E-state index contributed by atoms with van der Waals surface area (Å²) in [5.41, 5.74) is -0.209. The van der Waals surface area contributed by atoms with Gasteiger partial charge in [-0.05, 0) is 18.2 Å². The molecular weight excluding hydrogens is 392 g/mol. The van der Waals surface area contributed by atoms with Crippen LogP contribution in [-0.2, 0) is 12.7 Å². The van der Waals surface area contributed by atoms with E-state index in [0.717, 1.165) is 12.1 Å². The lowest BCUT2D eigenvalue weighted by atomic mass is 10.1. The second kappa shape index (κ2) is 9.85. The SMILES string of the molecule is COc1cn(-c2cccc(C(F)(F)F)c2)c(CNC(C)C)cc1=O.Cl.Cl. The third kappa shape index (κ3) is 5.93. The fourth-order valence-electron chi connectivity index (χ4n) is 2.23. The lowest BCUT2D eigenvalue weighted by Crippen LogP contribution is -2.25. The zero-order chi connectivity index (χ0) is 17.9. The summed E-state index contributed by atoms with van der Waals surface area (Å²) in [6.07, 6.45) is -3.02. The Kier molecular flexibility index (Phi) is 9.20. The predicted molar refractivity (Wildman–Crippen MR) is 100 cm³/mol. The van der Waals surface area contributed by atoms with Crippen LogP contribution in [0, 0.1) is 0 Å². The van der Waals surface area contributed by atoms with E-state index in [0.29, 0.717) is 17.9 Å². The van der Waals surface area contributed by atoms with Gasteiger partial charge in [-0.15, -0.1) is 24.8 Å². The first-order valence-electron chi connectivity index (χ1n) is 7.43. The van der Waals surface area contributed by atoms with Gasteiger partial charge in [0.1, 0.15) is 0 Å². The minimum atomic E-state index is -4.44. The van der Waals surface area contributed by atoms with Crippen LogP contribution in [0.4, 0.5) is 13.2 Å². The van der Waals surface area contributed by atoms with E-state index in [9.17, 15) is 18.0 Å². The summed E-state index contributed by atoms with van der Waals surface area (Å²) >= 11 is 0. The van der Waals surface area contributed by atoms with E-state index in [1.54, 1.807) is 6.07 Å². The first kappa shape index (κ1) is 24.3. The number of halogens is 5. The molecule has 1 N–H and O–H groups in total. The normalized spacial score (nSPS) is 10.9. The van der Waals surface area contributed by atoms with Crippen LogP contribution in [0.2, 0.25) is 0 Å². The van der Waals surface area contributed by atoms with E-state index < -0.39 is 11.7 Å². The highest BCUT2D eigenvalue weighted by molar-refractivity contribution is 5.85. The van der Waals surface area contributed by atoms with Crippen molar-refractivity contribution in [2.45, 2.75) is 32.6 Å². The van der Waals surface area contributed by atoms with Gasteiger partial charge in [-0.3, -0.25) is 4.79 Å². The molecule has 0 aliphatic carbocycles. The van der Waals surface area contributed by atoms with Crippen molar-refractivity contribution in [2.24, 2.45) is 0 Å². The van der Waals surface area contributed by atoms with Gasteiger partial charge in [0.05, 0.1) is 18.9 Å². The average Bonchev–Trinajstić information content (AvgIpc) is 2.52. The highest BCUT2D eigenvalue weighted by Gasteiger charge is 2.30. The van der Waals surface area contributed by atoms with Crippen LogP contribution in [0.15, 0.2) is 41.3 Å². The van der Waals surface area contributed by atoms with Crippen LogP contribution in [-0.4, -0.2) is 17.7 Å². The molecule has 1 aromatic carbocycles. The minimum absolute atomic E-state index is 0. The van der Waals surface area contributed by atoms with E-state index in [2.05, 4.69) is 5.32 Å². The van der Waals surface area contributed by atoms with Crippen molar-refractivity contribution in [3.8, 4) is 11.4 Å². The number of nitrogens with one attached hydrogen (secondary N) is 1. The predicted octanol–water partition coefficient (Wildman–Crippen LogP) is 4.21. The Morgan fingerprint density at radius 3 is 2.38 bits per heavy atom. The van der Waals surface area contributed by atoms with Gasteiger partial charge in [0, 0.05) is 30.0 Å². The fourth-order valence-corrected chi connectivity index (χ4v) is 2.23. The molecule has 1 aromatic heterocycles. The molecule has 0 bridgehead atoms. The Hall–Kier alpha value is -1.70. The van der Waals surface area contributed by atoms with Crippen molar-refractivity contribution in [3.63, 3.8) is 0 Å². The second-order valence-corrected chi connectivity index (χ2v) is 5.65. The van der Waals surface area contributed by atoms with Gasteiger partial charge in [0.15, 0.2) is 5.75 Å². The molecule has 0 unspecified atom stereocenters. The second-order valence-electron chi connectivity index (χ2n) is 5.65. The topological polar surface area (TPSA) is 43.3 Å². The molecule has 2 aromatic rings. The average molecular weight is 413 g/mol. The number of rotatable bonds is 5. The molecule has 4 nitrogen and oxygen atoms in total. The molecule has 0 saturated heterocycles. The van der Waals surface area contributed by atoms with Gasteiger partial charge in [0.2, 0.25) is 5.43 Å². The fraction of sp³-hybridized carbons (Fsp3) is 0.353. The van der Waals surface area contributed by atoms with Gasteiger partial charge < -0.3 is 14.6 Å². The number of hydrogen-bond donors (Lipinski definition) is 1. The summed E-state index contributed by atoms with van der Waals surface area (Å²) in [6, 6.07) is 6.48. The number of nitrogens with zero attached hydrogens (tertiary/aromatic N) is 1. The van der Waals surface area contributed by atoms with Crippen molar-refractivity contribution in [3.05, 3.63) is 58.0 Å². The quantitative estimate of drug-likeness (QED) is 0.799. The van der Waals surface area contributed by atoms with Crippen molar-refractivity contribution in [2.75, 3.05) is 7.11 Å². The van der Waals surface area contributed by atoms with Crippen LogP contribution in [0.5, 0.6) is 5.75 Å². The molecule has 146 valence electrons. The van der Waals surface area contributed by atoms with Gasteiger partial charge >= 0.3 is 6.18 Å². The number of aromatic nitrogens is 1. The number of benzene rings is 1. The molecule has 0 atom stereocenters. The molecule has 0 amide bonds. The van der Waals surface area contributed by atoms with Gasteiger partial charge in [-0.1, -0.05) is 19.9 Å². The maximum atomic E-state index is 13.0. The Labute approximate surface area is 162 Å². The molecular formula is C17H21Cl2F3N2O2. The third-order valence-corrected chi connectivity index (χ3v) is 3.46. The molecule has 0 aliphatic heterocycles. The molecule has 9 heteroatoms. The van der Waals surface area contributed by atoms with Crippen molar-refractivity contribution >= 4 is 24.8 Å². The minimum Gasteiger partial charge on any atom is -0.491 e. The Morgan fingerprint density at radius 2 is 1.85 bits per heavy atom. The molecule has 1 heterocycles. The number of pyridine rings is 1. The van der Waals surface area contributed by atoms with E-state index in [1.165, 1.54) is 30.0 Å². The highest BCUT2D eigenvalue weighted by atomic mass is 35.5. The molecule has 0 fully saturated rings. The van der Waals surface area contributed by atoms with Crippen LogP contribution >= 0.6 is 24.8 Å². The number of alkyl halides is 3. The van der Waals surface area contributed by atoms with Crippen molar-refractivity contribution in [1.29, 1.82) is 0 Å². The van der Waals surface area contributed by atoms with E-state index in [4.69, 9.17) is 4.74 Å². The first-order valence-corrected chi connectivity index (χ1v) is 7.43. The molecule has 0 spiro atoms. The highest BCUT2D eigenvalue weighted by Crippen LogP contribution is 2.30. The van der Waals surface area contributed by atoms with Crippen LogP contribution < -0.4 is 15.5 Å². The molecule has 0 radical (unpaired) electrons. The summed E-state index contributed by atoms with van der Waals surface area (Å²) in [7, 11) is 1.35. The summed E-state index contributed by atoms with van der Waals surface area (Å²) in [4.78, 5) is 12.0. The lowest BCUT2D eigenvalue weighted by Gasteiger charge is -2.18. The zero-order valence-electron chi connectivity index (χ0n) is 14.5.